The van der Waals surface area contributed by atoms with Crippen LogP contribution in [0.5, 0.6) is 0 Å². The highest BCUT2D eigenvalue weighted by Gasteiger charge is 2.42. The number of ether oxygens (including phenoxy) is 1. The van der Waals surface area contributed by atoms with Gasteiger partial charge in [0.15, 0.2) is 5.17 Å². The van der Waals surface area contributed by atoms with E-state index >= 15 is 0 Å². The van der Waals surface area contributed by atoms with Crippen molar-refractivity contribution in [2.45, 2.75) is 36.5 Å². The van der Waals surface area contributed by atoms with Gasteiger partial charge >= 0.3 is 6.09 Å². The van der Waals surface area contributed by atoms with Gasteiger partial charge in [0, 0.05) is 10.3 Å². The van der Waals surface area contributed by atoms with Crippen molar-refractivity contribution < 1.29 is 14.6 Å². The zero-order valence-corrected chi connectivity index (χ0v) is 20.0. The molecule has 7 heteroatoms. The quantitative estimate of drug-likeness (QED) is 0.428. The standard InChI is InChI=1S/C23H25IN2O3S/c1-22(2)12-23(13-24,14-27)30-20(26-22)25-21(28)29-11-19-17-9-5-3-7-15(17)16-8-4-6-10-18(16)19/h3-10,19,27H,11-14H2,1-2H3,(H,25,26,28). The maximum absolute atomic E-state index is 12.6. The van der Waals surface area contributed by atoms with Crippen LogP contribution in [-0.4, -0.2) is 44.3 Å². The molecule has 1 amide bonds. The molecule has 1 aliphatic heterocycles. The first-order chi connectivity index (χ1) is 14.4. The van der Waals surface area contributed by atoms with E-state index in [1.807, 2.05) is 38.1 Å². The fourth-order valence-electron chi connectivity index (χ4n) is 4.35. The van der Waals surface area contributed by atoms with E-state index in [-0.39, 0.29) is 29.4 Å². The second-order valence-electron chi connectivity index (χ2n) is 8.43. The number of alkyl carbamates (subject to hydrolysis) is 1. The summed E-state index contributed by atoms with van der Waals surface area (Å²) in [7, 11) is 0. The Labute approximate surface area is 194 Å². The van der Waals surface area contributed by atoms with Crippen LogP contribution in [0, 0.1) is 0 Å². The van der Waals surface area contributed by atoms with E-state index < -0.39 is 6.09 Å². The maximum atomic E-state index is 12.6. The third kappa shape index (κ3) is 4.24. The number of amidine groups is 1. The van der Waals surface area contributed by atoms with Crippen LogP contribution in [0.2, 0.25) is 0 Å². The van der Waals surface area contributed by atoms with Gasteiger partial charge in [-0.3, -0.25) is 10.3 Å². The van der Waals surface area contributed by atoms with Crippen LogP contribution in [-0.2, 0) is 4.74 Å². The van der Waals surface area contributed by atoms with Crippen molar-refractivity contribution in [3.05, 3.63) is 59.7 Å². The van der Waals surface area contributed by atoms with Gasteiger partial charge in [-0.25, -0.2) is 4.79 Å². The molecule has 1 unspecified atom stereocenters. The predicted molar refractivity (Wildman–Crippen MR) is 131 cm³/mol. The largest absolute Gasteiger partial charge is 0.448 e. The van der Waals surface area contributed by atoms with Gasteiger partial charge in [-0.1, -0.05) is 82.9 Å². The van der Waals surface area contributed by atoms with E-state index in [4.69, 9.17) is 4.74 Å². The summed E-state index contributed by atoms with van der Waals surface area (Å²) in [5.41, 5.74) is 4.41. The summed E-state index contributed by atoms with van der Waals surface area (Å²) in [6.07, 6.45) is 0.237. The molecule has 30 heavy (non-hydrogen) atoms. The van der Waals surface area contributed by atoms with Gasteiger partial charge < -0.3 is 9.84 Å². The van der Waals surface area contributed by atoms with Crippen LogP contribution in [0.3, 0.4) is 0 Å². The normalized spacial score (nSPS) is 22.1. The lowest BCUT2D eigenvalue weighted by atomic mass is 9.92. The van der Waals surface area contributed by atoms with Gasteiger partial charge in [-0.05, 0) is 42.5 Å². The van der Waals surface area contributed by atoms with Crippen LogP contribution in [0.25, 0.3) is 11.1 Å². The first kappa shape index (κ1) is 21.6. The Morgan fingerprint density at radius 2 is 1.80 bits per heavy atom. The van der Waals surface area contributed by atoms with Gasteiger partial charge in [0.05, 0.1) is 16.9 Å². The third-order valence-electron chi connectivity index (χ3n) is 5.56. The summed E-state index contributed by atoms with van der Waals surface area (Å²) in [5, 5.41) is 13.2. The summed E-state index contributed by atoms with van der Waals surface area (Å²) in [6.45, 7) is 4.33. The number of hydrogen-bond acceptors (Lipinski definition) is 5. The van der Waals surface area contributed by atoms with Gasteiger partial charge in [0.2, 0.25) is 0 Å². The average molecular weight is 536 g/mol. The number of aliphatic imine (C=N–C) groups is 1. The second-order valence-corrected chi connectivity index (χ2v) is 10.7. The first-order valence-corrected chi connectivity index (χ1v) is 12.3. The van der Waals surface area contributed by atoms with Gasteiger partial charge in [-0.2, -0.15) is 0 Å². The van der Waals surface area contributed by atoms with Crippen molar-refractivity contribution in [1.82, 2.24) is 5.32 Å². The topological polar surface area (TPSA) is 70.9 Å². The average Bonchev–Trinajstić information content (AvgIpc) is 3.05. The number of aliphatic hydroxyl groups is 1. The molecule has 1 atom stereocenters. The monoisotopic (exact) mass is 536 g/mol. The highest BCUT2D eigenvalue weighted by Crippen LogP contribution is 2.45. The minimum absolute atomic E-state index is 0.0198. The molecule has 2 aromatic rings. The Hall–Kier alpha value is -1.58. The molecular weight excluding hydrogens is 511 g/mol. The molecule has 0 bridgehead atoms. The number of nitrogens with zero attached hydrogens (tertiary/aromatic N) is 1. The van der Waals surface area contributed by atoms with Crippen molar-refractivity contribution in [3.63, 3.8) is 0 Å². The van der Waals surface area contributed by atoms with E-state index in [2.05, 4.69) is 57.2 Å². The lowest BCUT2D eigenvalue weighted by Crippen LogP contribution is -2.47. The lowest BCUT2D eigenvalue weighted by molar-refractivity contribution is 0.148. The number of amides is 1. The Morgan fingerprint density at radius 1 is 1.20 bits per heavy atom. The number of halogens is 1. The third-order valence-corrected chi connectivity index (χ3v) is 8.77. The highest BCUT2D eigenvalue weighted by molar-refractivity contribution is 14.1. The molecule has 0 spiro atoms. The molecule has 1 heterocycles. The molecule has 2 N–H and O–H groups in total. The van der Waals surface area contributed by atoms with Crippen molar-refractivity contribution in [3.8, 4) is 11.1 Å². The summed E-state index contributed by atoms with van der Waals surface area (Å²) < 4.78 is 6.05. The summed E-state index contributed by atoms with van der Waals surface area (Å²) in [5.74, 6) is 0.0198. The molecule has 4 rings (SSSR count). The second kappa shape index (κ2) is 8.51. The van der Waals surface area contributed by atoms with E-state index in [0.29, 0.717) is 5.17 Å². The molecule has 5 nitrogen and oxygen atoms in total. The van der Waals surface area contributed by atoms with Crippen LogP contribution < -0.4 is 5.32 Å². The van der Waals surface area contributed by atoms with Gasteiger partial charge in [-0.15, -0.1) is 0 Å². The van der Waals surface area contributed by atoms with E-state index in [0.717, 1.165) is 10.8 Å². The number of benzene rings is 2. The first-order valence-electron chi connectivity index (χ1n) is 9.94. The molecular formula is C23H25IN2O3S. The van der Waals surface area contributed by atoms with Crippen LogP contribution in [0.4, 0.5) is 4.79 Å². The predicted octanol–water partition coefficient (Wildman–Crippen LogP) is 4.96. The minimum atomic E-state index is -0.513. The highest BCUT2D eigenvalue weighted by atomic mass is 127. The van der Waals surface area contributed by atoms with Crippen molar-refractivity contribution >= 4 is 45.6 Å². The van der Waals surface area contributed by atoms with E-state index in [1.165, 1.54) is 34.0 Å². The number of fused-ring (bicyclic) bond motifs is 3. The van der Waals surface area contributed by atoms with E-state index in [9.17, 15) is 9.90 Å². The Balaban J connectivity index is 1.46. The van der Waals surface area contributed by atoms with E-state index in [1.54, 1.807) is 0 Å². The smallest absolute Gasteiger partial charge is 0.413 e. The number of rotatable bonds is 4. The zero-order chi connectivity index (χ0) is 21.4. The zero-order valence-electron chi connectivity index (χ0n) is 17.0. The fraction of sp³-hybridized carbons (Fsp3) is 0.391. The SMILES string of the molecule is CC1(C)CC(CO)(CI)SC(NC(=O)OCC2c3ccccc3-c3ccccc32)=N1. The number of nitrogens with one attached hydrogen (secondary N) is 1. The number of alkyl halides is 1. The summed E-state index contributed by atoms with van der Waals surface area (Å²) in [4.78, 5) is 17.2. The molecule has 0 saturated carbocycles. The van der Waals surface area contributed by atoms with Crippen molar-refractivity contribution in [2.24, 2.45) is 4.99 Å². The molecule has 2 aliphatic rings. The summed E-state index contributed by atoms with van der Waals surface area (Å²) >= 11 is 3.71. The fourth-order valence-corrected chi connectivity index (χ4v) is 6.71. The molecule has 2 aromatic carbocycles. The lowest BCUT2D eigenvalue weighted by Gasteiger charge is -2.40. The van der Waals surface area contributed by atoms with Crippen LogP contribution in [0.15, 0.2) is 53.5 Å². The number of hydrogen-bond donors (Lipinski definition) is 2. The number of thioether (sulfide) groups is 1. The molecule has 0 aromatic heterocycles. The van der Waals surface area contributed by atoms with Gasteiger partial charge in [0.1, 0.15) is 6.61 Å². The molecule has 0 radical (unpaired) electrons. The maximum Gasteiger partial charge on any atom is 0.413 e. The van der Waals surface area contributed by atoms with Crippen molar-refractivity contribution in [1.29, 1.82) is 0 Å². The van der Waals surface area contributed by atoms with Crippen LogP contribution in [0.1, 0.15) is 37.3 Å². The number of carbonyl (C=O) groups is 1. The van der Waals surface area contributed by atoms with Crippen molar-refractivity contribution in [2.75, 3.05) is 17.6 Å². The number of carbonyl (C=O) groups excluding carboxylic acids is 1. The number of aliphatic hydroxyl groups excluding tert-OH is 1. The molecule has 1 aliphatic carbocycles. The molecule has 158 valence electrons. The van der Waals surface area contributed by atoms with Crippen LogP contribution >= 0.6 is 34.4 Å². The Bertz CT molecular complexity index is 942. The Morgan fingerprint density at radius 3 is 2.37 bits per heavy atom. The Kier molecular flexibility index (Phi) is 6.14. The minimum Gasteiger partial charge on any atom is -0.448 e. The molecule has 0 fully saturated rings. The summed E-state index contributed by atoms with van der Waals surface area (Å²) in [6, 6.07) is 16.5. The van der Waals surface area contributed by atoms with Gasteiger partial charge in [0.25, 0.3) is 0 Å². The molecule has 0 saturated heterocycles.